The van der Waals surface area contributed by atoms with Crippen LogP contribution < -0.4 is 11.2 Å². The Morgan fingerprint density at radius 1 is 1.40 bits per heavy atom. The summed E-state index contributed by atoms with van der Waals surface area (Å²) in [5.74, 6) is 0. The molecule has 0 aromatic carbocycles. The molecule has 0 saturated carbocycles. The van der Waals surface area contributed by atoms with E-state index in [9.17, 15) is 9.59 Å². The van der Waals surface area contributed by atoms with Crippen molar-refractivity contribution >= 4 is 22.5 Å². The van der Waals surface area contributed by atoms with Gasteiger partial charge in [-0.3, -0.25) is 9.78 Å². The monoisotopic (exact) mass is 176 g/mol. The predicted octanol–water partition coefficient (Wildman–Crippen LogP) is 0.0001000. The van der Waals surface area contributed by atoms with Gasteiger partial charge >= 0.3 is 5.69 Å². The molecule has 1 heterocycles. The minimum Gasteiger partial charge on any atom is -0.301 e. The molecule has 2 N–H and O–H groups in total. The smallest absolute Gasteiger partial charge is 0.301 e. The molecule has 54 valence electrons. The predicted molar refractivity (Wildman–Crippen MR) is 42.5 cm³/mol. The molecule has 0 radical (unpaired) electrons. The van der Waals surface area contributed by atoms with Crippen molar-refractivity contribution in [3.05, 3.63) is 26.9 Å². The van der Waals surface area contributed by atoms with Crippen LogP contribution in [0.4, 0.5) is 0 Å². The van der Waals surface area contributed by atoms with Crippen molar-refractivity contribution in [1.29, 1.82) is 0 Å². The second-order valence-corrected chi connectivity index (χ2v) is 2.71. The van der Waals surface area contributed by atoms with Crippen molar-refractivity contribution in [2.24, 2.45) is 0 Å². The molecule has 4 nitrogen and oxygen atoms in total. The maximum atomic E-state index is 10.5. The van der Waals surface area contributed by atoms with Gasteiger partial charge in [-0.1, -0.05) is 0 Å². The number of rotatable bonds is 1. The highest BCUT2D eigenvalue weighted by Crippen LogP contribution is 2.14. The summed E-state index contributed by atoms with van der Waals surface area (Å²) in [4.78, 5) is 25.5. The Hall–Kier alpha value is -0.620. The Bertz CT molecular complexity index is 300. The lowest BCUT2D eigenvalue weighted by Crippen LogP contribution is -2.21. The lowest BCUT2D eigenvalue weighted by Gasteiger charge is -1.89. The van der Waals surface area contributed by atoms with Crippen LogP contribution in [0.1, 0.15) is 0 Å². The fraction of sp³-hybridized carbons (Fsp3) is 0. The Balaban J connectivity index is 3.33. The number of hydrogen-bond acceptors (Lipinski definition) is 4. The molecule has 0 aliphatic rings. The number of aromatic amines is 2. The zero-order chi connectivity index (χ0) is 7.56. The van der Waals surface area contributed by atoms with Gasteiger partial charge in [0.1, 0.15) is 0 Å². The zero-order valence-corrected chi connectivity index (χ0v) is 6.46. The number of hydrogen-bond donors (Lipinski definition) is 3. The summed E-state index contributed by atoms with van der Waals surface area (Å²) in [5, 5.41) is 0.442. The van der Waals surface area contributed by atoms with Crippen LogP contribution in [0, 0.1) is 0 Å². The third-order valence-electron chi connectivity index (χ3n) is 0.834. The second kappa shape index (κ2) is 2.98. The van der Waals surface area contributed by atoms with Crippen molar-refractivity contribution in [3.63, 3.8) is 0 Å². The van der Waals surface area contributed by atoms with Crippen molar-refractivity contribution in [2.45, 2.75) is 5.03 Å². The highest BCUT2D eigenvalue weighted by atomic mass is 33.1. The molecule has 10 heavy (non-hydrogen) atoms. The Morgan fingerprint density at radius 2 is 2.10 bits per heavy atom. The van der Waals surface area contributed by atoms with Gasteiger partial charge in [-0.15, -0.1) is 11.7 Å². The van der Waals surface area contributed by atoms with E-state index in [1.54, 1.807) is 0 Å². The molecule has 0 aliphatic carbocycles. The van der Waals surface area contributed by atoms with Crippen molar-refractivity contribution in [1.82, 2.24) is 9.97 Å². The summed E-state index contributed by atoms with van der Waals surface area (Å²) in [6.07, 6.45) is 0. The van der Waals surface area contributed by atoms with Crippen LogP contribution in [0.2, 0.25) is 0 Å². The van der Waals surface area contributed by atoms with E-state index in [0.717, 1.165) is 10.8 Å². The molecule has 1 rings (SSSR count). The van der Waals surface area contributed by atoms with Gasteiger partial charge in [0.05, 0.1) is 5.03 Å². The Labute approximate surface area is 64.9 Å². The minimum atomic E-state index is -0.510. The van der Waals surface area contributed by atoms with Gasteiger partial charge in [0.15, 0.2) is 0 Å². The molecular formula is C4H4N2O2S2. The van der Waals surface area contributed by atoms with Crippen LogP contribution in [0.25, 0.3) is 0 Å². The summed E-state index contributed by atoms with van der Waals surface area (Å²) in [7, 11) is 1.02. The Morgan fingerprint density at radius 3 is 2.60 bits per heavy atom. The van der Waals surface area contributed by atoms with Crippen LogP contribution in [-0.4, -0.2) is 9.97 Å². The van der Waals surface area contributed by atoms with Gasteiger partial charge in [-0.05, 0) is 10.8 Å². The number of H-pyrrole nitrogens is 2. The topological polar surface area (TPSA) is 65.7 Å². The van der Waals surface area contributed by atoms with Gasteiger partial charge in [0.25, 0.3) is 5.56 Å². The van der Waals surface area contributed by atoms with Crippen molar-refractivity contribution in [3.8, 4) is 0 Å². The van der Waals surface area contributed by atoms with E-state index in [1.165, 1.54) is 6.07 Å². The highest BCUT2D eigenvalue weighted by molar-refractivity contribution is 8.68. The average molecular weight is 176 g/mol. The van der Waals surface area contributed by atoms with E-state index >= 15 is 0 Å². The third kappa shape index (κ3) is 1.68. The lowest BCUT2D eigenvalue weighted by molar-refractivity contribution is 0.953. The van der Waals surface area contributed by atoms with Crippen LogP contribution in [0.15, 0.2) is 20.7 Å². The summed E-state index contributed by atoms with van der Waals surface area (Å²) in [5.41, 5.74) is -0.927. The molecule has 0 spiro atoms. The maximum Gasteiger partial charge on any atom is 0.326 e. The minimum absolute atomic E-state index is 0.416. The van der Waals surface area contributed by atoms with Crippen LogP contribution in [0.5, 0.6) is 0 Å². The van der Waals surface area contributed by atoms with E-state index < -0.39 is 11.2 Å². The van der Waals surface area contributed by atoms with E-state index in [1.807, 2.05) is 4.98 Å². The van der Waals surface area contributed by atoms with Gasteiger partial charge in [-0.25, -0.2) is 4.79 Å². The first-order chi connectivity index (χ1) is 4.72. The second-order valence-electron chi connectivity index (χ2n) is 1.54. The first kappa shape index (κ1) is 7.49. The first-order valence-electron chi connectivity index (χ1n) is 2.37. The quantitative estimate of drug-likeness (QED) is 0.320. The molecule has 0 unspecified atom stereocenters. The molecular weight excluding hydrogens is 172 g/mol. The summed E-state index contributed by atoms with van der Waals surface area (Å²) in [6.45, 7) is 0. The molecule has 0 saturated heterocycles. The van der Waals surface area contributed by atoms with E-state index in [2.05, 4.69) is 16.6 Å². The van der Waals surface area contributed by atoms with Gasteiger partial charge in [-0.2, -0.15) is 0 Å². The van der Waals surface area contributed by atoms with E-state index in [0.29, 0.717) is 5.03 Å². The normalized spacial score (nSPS) is 9.70. The van der Waals surface area contributed by atoms with Gasteiger partial charge in [0, 0.05) is 6.07 Å². The SMILES string of the molecule is O=c1cc(SS)[nH]c(=O)[nH]1. The third-order valence-corrected chi connectivity index (χ3v) is 1.84. The molecule has 0 amide bonds. The molecule has 0 fully saturated rings. The number of nitrogens with one attached hydrogen (secondary N) is 2. The van der Waals surface area contributed by atoms with Gasteiger partial charge in [0.2, 0.25) is 0 Å². The molecule has 0 bridgehead atoms. The van der Waals surface area contributed by atoms with Crippen LogP contribution >= 0.6 is 22.5 Å². The molecule has 6 heteroatoms. The summed E-state index contributed by atoms with van der Waals surface area (Å²) < 4.78 is 0. The molecule has 1 aromatic heterocycles. The first-order valence-corrected chi connectivity index (χ1v) is 4.24. The summed E-state index contributed by atoms with van der Waals surface area (Å²) >= 11 is 3.80. The Kier molecular flexibility index (Phi) is 2.23. The van der Waals surface area contributed by atoms with Crippen molar-refractivity contribution in [2.75, 3.05) is 0 Å². The summed E-state index contributed by atoms with van der Waals surface area (Å²) in [6, 6.07) is 1.26. The maximum absolute atomic E-state index is 10.5. The van der Waals surface area contributed by atoms with Crippen LogP contribution in [-0.2, 0) is 0 Å². The highest BCUT2D eigenvalue weighted by Gasteiger charge is 1.92. The number of thiol groups is 1. The molecule has 0 atom stereocenters. The fourth-order valence-corrected chi connectivity index (χ4v) is 1.09. The average Bonchev–Trinajstić information content (AvgIpc) is 1.85. The lowest BCUT2D eigenvalue weighted by atomic mass is 10.7. The molecule has 1 aromatic rings. The number of aromatic nitrogens is 2. The fourth-order valence-electron chi connectivity index (χ4n) is 0.495. The zero-order valence-electron chi connectivity index (χ0n) is 4.75. The van der Waals surface area contributed by atoms with Gasteiger partial charge < -0.3 is 4.98 Å². The van der Waals surface area contributed by atoms with E-state index in [-0.39, 0.29) is 0 Å². The van der Waals surface area contributed by atoms with Crippen LogP contribution in [0.3, 0.4) is 0 Å². The largest absolute Gasteiger partial charge is 0.326 e. The van der Waals surface area contributed by atoms with Crippen molar-refractivity contribution < 1.29 is 0 Å². The van der Waals surface area contributed by atoms with E-state index in [4.69, 9.17) is 0 Å². The molecule has 0 aliphatic heterocycles. The standard InChI is InChI=1S/C4H4N2O2S2/c7-2-1-3(10-9)6-4(8)5-2/h1,9H,(H2,5,6,7,8).